The molecule has 1 aromatic carbocycles. The van der Waals surface area contributed by atoms with E-state index in [1.54, 1.807) is 14.2 Å². The summed E-state index contributed by atoms with van der Waals surface area (Å²) in [5, 5.41) is 8.58. The lowest BCUT2D eigenvalue weighted by molar-refractivity contribution is -0.136. The molecule has 0 aromatic heterocycles. The van der Waals surface area contributed by atoms with Crippen LogP contribution in [0.15, 0.2) is 24.3 Å². The molecule has 4 nitrogen and oxygen atoms in total. The summed E-state index contributed by atoms with van der Waals surface area (Å²) in [7, 11) is 3.18. The molecule has 1 N–H and O–H groups in total. The molecule has 4 heteroatoms. The Bertz CT molecular complexity index is 449. The molecular weight excluding hydrogens is 232 g/mol. The van der Waals surface area contributed by atoms with Crippen molar-refractivity contribution in [3.8, 4) is 11.5 Å². The third-order valence-corrected chi connectivity index (χ3v) is 2.65. The van der Waals surface area contributed by atoms with Crippen molar-refractivity contribution in [3.05, 3.63) is 29.8 Å². The fourth-order valence-electron chi connectivity index (χ4n) is 1.61. The molecule has 0 fully saturated rings. The van der Waals surface area contributed by atoms with Crippen LogP contribution in [-0.4, -0.2) is 25.3 Å². The van der Waals surface area contributed by atoms with Gasteiger partial charge < -0.3 is 14.6 Å². The van der Waals surface area contributed by atoms with E-state index < -0.39 is 5.97 Å². The molecule has 0 saturated carbocycles. The van der Waals surface area contributed by atoms with Crippen molar-refractivity contribution in [2.75, 3.05) is 14.2 Å². The van der Waals surface area contributed by atoms with E-state index in [0.717, 1.165) is 11.1 Å². The van der Waals surface area contributed by atoms with Gasteiger partial charge in [0, 0.05) is 6.42 Å². The van der Waals surface area contributed by atoms with Gasteiger partial charge in [-0.1, -0.05) is 12.1 Å². The molecule has 0 unspecified atom stereocenters. The first-order chi connectivity index (χ1) is 8.58. The number of hydrogen-bond acceptors (Lipinski definition) is 3. The second-order valence-corrected chi connectivity index (χ2v) is 3.89. The van der Waals surface area contributed by atoms with E-state index >= 15 is 0 Å². The zero-order valence-corrected chi connectivity index (χ0v) is 10.9. The topological polar surface area (TPSA) is 55.8 Å². The normalized spacial score (nSPS) is 11.2. The van der Waals surface area contributed by atoms with Crippen LogP contribution in [0.3, 0.4) is 0 Å². The first-order valence-electron chi connectivity index (χ1n) is 5.69. The van der Waals surface area contributed by atoms with E-state index in [2.05, 4.69) is 0 Å². The molecule has 0 heterocycles. The molecule has 1 rings (SSSR count). The van der Waals surface area contributed by atoms with E-state index in [0.29, 0.717) is 17.9 Å². The number of hydrogen-bond donors (Lipinski definition) is 1. The van der Waals surface area contributed by atoms with Crippen molar-refractivity contribution < 1.29 is 19.4 Å². The van der Waals surface area contributed by atoms with E-state index in [-0.39, 0.29) is 6.42 Å². The maximum atomic E-state index is 10.4. The Morgan fingerprint density at radius 3 is 2.50 bits per heavy atom. The van der Waals surface area contributed by atoms with Crippen LogP contribution in [0.2, 0.25) is 0 Å². The van der Waals surface area contributed by atoms with E-state index in [1.165, 1.54) is 0 Å². The highest BCUT2D eigenvalue weighted by atomic mass is 16.5. The molecule has 0 amide bonds. The van der Waals surface area contributed by atoms with E-state index in [4.69, 9.17) is 14.6 Å². The van der Waals surface area contributed by atoms with Gasteiger partial charge in [-0.15, -0.1) is 0 Å². The van der Waals surface area contributed by atoms with Gasteiger partial charge in [0.2, 0.25) is 0 Å². The minimum atomic E-state index is -0.786. The predicted octanol–water partition coefficient (Wildman–Crippen LogP) is 2.97. The molecule has 0 bridgehead atoms. The third-order valence-electron chi connectivity index (χ3n) is 2.65. The SMILES string of the molecule is COc1ccc(/C(C)=C/CCC(=O)O)cc1OC. The van der Waals surface area contributed by atoms with Gasteiger partial charge in [-0.25, -0.2) is 0 Å². The lowest BCUT2D eigenvalue weighted by atomic mass is 10.1. The molecular formula is C14H18O4. The highest BCUT2D eigenvalue weighted by molar-refractivity contribution is 5.69. The lowest BCUT2D eigenvalue weighted by Gasteiger charge is -2.09. The van der Waals surface area contributed by atoms with Crippen molar-refractivity contribution in [2.45, 2.75) is 19.8 Å². The zero-order chi connectivity index (χ0) is 13.5. The number of methoxy groups -OCH3 is 2. The van der Waals surface area contributed by atoms with Crippen molar-refractivity contribution in [3.63, 3.8) is 0 Å². The summed E-state index contributed by atoms with van der Waals surface area (Å²) >= 11 is 0. The average Bonchev–Trinajstić information content (AvgIpc) is 2.37. The van der Waals surface area contributed by atoms with Crippen molar-refractivity contribution >= 4 is 11.5 Å². The summed E-state index contributed by atoms with van der Waals surface area (Å²) < 4.78 is 10.4. The number of ether oxygens (including phenoxy) is 2. The Hall–Kier alpha value is -1.97. The van der Waals surface area contributed by atoms with Gasteiger partial charge in [0.05, 0.1) is 14.2 Å². The van der Waals surface area contributed by atoms with E-state index in [1.807, 2.05) is 31.2 Å². The van der Waals surface area contributed by atoms with Crippen molar-refractivity contribution in [2.24, 2.45) is 0 Å². The molecule has 98 valence electrons. The first kappa shape index (κ1) is 14.1. The Labute approximate surface area is 107 Å². The van der Waals surface area contributed by atoms with Gasteiger partial charge in [-0.05, 0) is 36.6 Å². The van der Waals surface area contributed by atoms with E-state index in [9.17, 15) is 4.79 Å². The highest BCUT2D eigenvalue weighted by Crippen LogP contribution is 2.30. The number of carboxylic acids is 1. The minimum Gasteiger partial charge on any atom is -0.493 e. The Balaban J connectivity index is 2.85. The molecule has 0 aliphatic rings. The monoisotopic (exact) mass is 250 g/mol. The summed E-state index contributed by atoms with van der Waals surface area (Å²) in [5.74, 6) is 0.562. The predicted molar refractivity (Wildman–Crippen MR) is 70.1 cm³/mol. The molecule has 18 heavy (non-hydrogen) atoms. The van der Waals surface area contributed by atoms with Gasteiger partial charge in [0.15, 0.2) is 11.5 Å². The summed E-state index contributed by atoms with van der Waals surface area (Å²) in [5.41, 5.74) is 2.02. The van der Waals surface area contributed by atoms with Gasteiger partial charge in [0.25, 0.3) is 0 Å². The maximum Gasteiger partial charge on any atom is 0.303 e. The molecule has 0 aliphatic carbocycles. The van der Waals surface area contributed by atoms with Crippen LogP contribution in [0.4, 0.5) is 0 Å². The zero-order valence-electron chi connectivity index (χ0n) is 10.9. The summed E-state index contributed by atoms with van der Waals surface area (Å²) in [6, 6.07) is 5.64. The molecule has 0 atom stereocenters. The smallest absolute Gasteiger partial charge is 0.303 e. The quantitative estimate of drug-likeness (QED) is 0.843. The first-order valence-corrected chi connectivity index (χ1v) is 5.69. The second-order valence-electron chi connectivity index (χ2n) is 3.89. The minimum absolute atomic E-state index is 0.143. The molecule has 1 aromatic rings. The Morgan fingerprint density at radius 2 is 1.94 bits per heavy atom. The third kappa shape index (κ3) is 3.80. The van der Waals surface area contributed by atoms with Crippen molar-refractivity contribution in [1.82, 2.24) is 0 Å². The fraction of sp³-hybridized carbons (Fsp3) is 0.357. The Morgan fingerprint density at radius 1 is 1.28 bits per heavy atom. The molecule has 0 saturated heterocycles. The Kier molecular flexibility index (Phi) is 5.24. The summed E-state index contributed by atoms with van der Waals surface area (Å²) in [4.78, 5) is 10.4. The van der Waals surface area contributed by atoms with Gasteiger partial charge in [0.1, 0.15) is 0 Å². The van der Waals surface area contributed by atoms with Crippen LogP contribution < -0.4 is 9.47 Å². The van der Waals surface area contributed by atoms with Crippen LogP contribution in [0, 0.1) is 0 Å². The number of rotatable bonds is 6. The lowest BCUT2D eigenvalue weighted by Crippen LogP contribution is -1.93. The van der Waals surface area contributed by atoms with Gasteiger partial charge >= 0.3 is 5.97 Å². The number of aliphatic carboxylic acids is 1. The van der Waals surface area contributed by atoms with Crippen LogP contribution in [0.1, 0.15) is 25.3 Å². The van der Waals surface area contributed by atoms with Crippen LogP contribution in [0.25, 0.3) is 5.57 Å². The largest absolute Gasteiger partial charge is 0.493 e. The number of benzene rings is 1. The summed E-state index contributed by atoms with van der Waals surface area (Å²) in [6.45, 7) is 1.95. The molecule has 0 radical (unpaired) electrons. The second kappa shape index (κ2) is 6.69. The van der Waals surface area contributed by atoms with Gasteiger partial charge in [-0.3, -0.25) is 4.79 Å². The van der Waals surface area contributed by atoms with Crippen molar-refractivity contribution in [1.29, 1.82) is 0 Å². The number of carboxylic acid groups (broad SMARTS) is 1. The fourth-order valence-corrected chi connectivity index (χ4v) is 1.61. The maximum absolute atomic E-state index is 10.4. The number of allylic oxidation sites excluding steroid dienone is 2. The standard InChI is InChI=1S/C14H18O4/c1-10(5-4-6-14(15)16)11-7-8-12(17-2)13(9-11)18-3/h5,7-9H,4,6H2,1-3H3,(H,15,16)/b10-5+. The molecule has 0 aliphatic heterocycles. The van der Waals surface area contributed by atoms with Gasteiger partial charge in [-0.2, -0.15) is 0 Å². The summed E-state index contributed by atoms with van der Waals surface area (Å²) in [6.07, 6.45) is 2.58. The highest BCUT2D eigenvalue weighted by Gasteiger charge is 2.05. The van der Waals surface area contributed by atoms with Crippen LogP contribution >= 0.6 is 0 Å². The molecule has 0 spiro atoms. The van der Waals surface area contributed by atoms with Crippen LogP contribution in [0.5, 0.6) is 11.5 Å². The average molecular weight is 250 g/mol. The van der Waals surface area contributed by atoms with Crippen LogP contribution in [-0.2, 0) is 4.79 Å². The number of carbonyl (C=O) groups is 1.